The van der Waals surface area contributed by atoms with Gasteiger partial charge in [-0.2, -0.15) is 5.10 Å². The Hall–Kier alpha value is -2.82. The lowest BCUT2D eigenvalue weighted by atomic mass is 9.87. The van der Waals surface area contributed by atoms with Crippen LogP contribution in [0.4, 0.5) is 0 Å². The van der Waals surface area contributed by atoms with Gasteiger partial charge < -0.3 is 9.73 Å². The van der Waals surface area contributed by atoms with E-state index in [1.165, 1.54) is 11.3 Å². The summed E-state index contributed by atoms with van der Waals surface area (Å²) in [4.78, 5) is 12.6. The van der Waals surface area contributed by atoms with Crippen molar-refractivity contribution in [1.29, 1.82) is 0 Å². The first-order valence-corrected chi connectivity index (χ1v) is 9.87. The van der Waals surface area contributed by atoms with Gasteiger partial charge in [0.2, 0.25) is 0 Å². The Morgan fingerprint density at radius 2 is 1.96 bits per heavy atom. The summed E-state index contributed by atoms with van der Waals surface area (Å²) in [5.74, 6) is 0.551. The van der Waals surface area contributed by atoms with Crippen LogP contribution in [-0.2, 0) is 11.8 Å². The maximum Gasteiger partial charge on any atom is 0.255 e. The van der Waals surface area contributed by atoms with E-state index in [9.17, 15) is 4.79 Å². The first kappa shape index (κ1) is 18.5. The molecule has 0 bridgehead atoms. The summed E-state index contributed by atoms with van der Waals surface area (Å²) >= 11 is 0. The normalized spacial score (nSPS) is 16.6. The van der Waals surface area contributed by atoms with Gasteiger partial charge in [-0.25, -0.2) is 4.68 Å². The summed E-state index contributed by atoms with van der Waals surface area (Å²) in [7, 11) is 0. The van der Waals surface area contributed by atoms with E-state index in [-0.39, 0.29) is 17.4 Å². The number of nitrogens with one attached hydrogen (secondary N) is 1. The van der Waals surface area contributed by atoms with E-state index in [0.29, 0.717) is 11.3 Å². The SMILES string of the molecule is Cc1occc1C(=O)N[C@H]1CCCc2c1cnn2-c1ccc(C(C)(C)C)cc1. The second-order valence-corrected chi connectivity index (χ2v) is 8.56. The van der Waals surface area contributed by atoms with Crippen LogP contribution in [0.1, 0.15) is 72.6 Å². The average Bonchev–Trinajstić information content (AvgIpc) is 3.28. The van der Waals surface area contributed by atoms with Gasteiger partial charge in [-0.05, 0) is 55.4 Å². The van der Waals surface area contributed by atoms with Gasteiger partial charge in [0.15, 0.2) is 0 Å². The van der Waals surface area contributed by atoms with E-state index in [0.717, 1.165) is 30.5 Å². The topological polar surface area (TPSA) is 60.1 Å². The molecule has 5 heteroatoms. The fourth-order valence-corrected chi connectivity index (χ4v) is 3.89. The van der Waals surface area contributed by atoms with Crippen molar-refractivity contribution in [2.75, 3.05) is 0 Å². The van der Waals surface area contributed by atoms with Crippen molar-refractivity contribution in [3.05, 3.63) is 70.9 Å². The summed E-state index contributed by atoms with van der Waals surface area (Å²) in [6, 6.07) is 10.3. The van der Waals surface area contributed by atoms with Gasteiger partial charge in [0.1, 0.15) is 5.76 Å². The monoisotopic (exact) mass is 377 g/mol. The van der Waals surface area contributed by atoms with Crippen molar-refractivity contribution in [2.45, 2.75) is 58.4 Å². The molecule has 2 aromatic heterocycles. The molecule has 28 heavy (non-hydrogen) atoms. The molecule has 1 N–H and O–H groups in total. The molecule has 1 amide bonds. The Morgan fingerprint density at radius 3 is 2.61 bits per heavy atom. The highest BCUT2D eigenvalue weighted by Gasteiger charge is 2.27. The summed E-state index contributed by atoms with van der Waals surface area (Å²) in [6.45, 7) is 8.45. The molecular weight excluding hydrogens is 350 g/mol. The predicted octanol–water partition coefficient (Wildman–Crippen LogP) is 4.88. The van der Waals surface area contributed by atoms with Crippen LogP contribution in [0.2, 0.25) is 0 Å². The molecule has 0 radical (unpaired) electrons. The minimum atomic E-state index is -0.0913. The van der Waals surface area contributed by atoms with Crippen LogP contribution in [0.5, 0.6) is 0 Å². The Balaban J connectivity index is 1.59. The zero-order valence-corrected chi connectivity index (χ0v) is 17.0. The number of nitrogens with zero attached hydrogens (tertiary/aromatic N) is 2. The number of amides is 1. The molecular formula is C23H27N3O2. The van der Waals surface area contributed by atoms with Crippen LogP contribution >= 0.6 is 0 Å². The number of carbonyl (C=O) groups is 1. The lowest BCUT2D eigenvalue weighted by molar-refractivity contribution is 0.0931. The van der Waals surface area contributed by atoms with Gasteiger partial charge >= 0.3 is 0 Å². The minimum absolute atomic E-state index is 0.0202. The third-order valence-electron chi connectivity index (χ3n) is 5.57. The number of benzene rings is 1. The van der Waals surface area contributed by atoms with E-state index in [1.54, 1.807) is 19.3 Å². The molecule has 0 fully saturated rings. The summed E-state index contributed by atoms with van der Waals surface area (Å²) < 4.78 is 7.28. The van der Waals surface area contributed by atoms with Gasteiger partial charge in [0, 0.05) is 11.3 Å². The van der Waals surface area contributed by atoms with Crippen LogP contribution in [0, 0.1) is 6.92 Å². The van der Waals surface area contributed by atoms with E-state index in [4.69, 9.17) is 4.42 Å². The lowest BCUT2D eigenvalue weighted by Gasteiger charge is -2.24. The zero-order chi connectivity index (χ0) is 19.9. The number of rotatable bonds is 3. The Bertz CT molecular complexity index is 990. The van der Waals surface area contributed by atoms with Gasteiger partial charge in [0.05, 0.1) is 29.8 Å². The molecule has 0 saturated heterocycles. The maximum atomic E-state index is 12.6. The summed E-state index contributed by atoms with van der Waals surface area (Å²) in [6.07, 6.45) is 6.36. The quantitative estimate of drug-likeness (QED) is 0.708. The fourth-order valence-electron chi connectivity index (χ4n) is 3.89. The molecule has 146 valence electrons. The largest absolute Gasteiger partial charge is 0.469 e. The first-order chi connectivity index (χ1) is 13.3. The Labute approximate surface area is 165 Å². The average molecular weight is 377 g/mol. The Kier molecular flexibility index (Phi) is 4.61. The zero-order valence-electron chi connectivity index (χ0n) is 17.0. The number of carbonyl (C=O) groups excluding carboxylic acids is 1. The lowest BCUT2D eigenvalue weighted by Crippen LogP contribution is -2.31. The van der Waals surface area contributed by atoms with Crippen LogP contribution in [-0.4, -0.2) is 15.7 Å². The predicted molar refractivity (Wildman–Crippen MR) is 109 cm³/mol. The van der Waals surface area contributed by atoms with E-state index >= 15 is 0 Å². The highest BCUT2D eigenvalue weighted by atomic mass is 16.3. The van der Waals surface area contributed by atoms with Gasteiger partial charge in [-0.15, -0.1) is 0 Å². The third-order valence-corrected chi connectivity index (χ3v) is 5.57. The van der Waals surface area contributed by atoms with Gasteiger partial charge in [-0.3, -0.25) is 4.79 Å². The van der Waals surface area contributed by atoms with Crippen molar-refractivity contribution in [3.63, 3.8) is 0 Å². The molecule has 3 aromatic rings. The molecule has 2 heterocycles. The number of aryl methyl sites for hydroxylation is 1. The summed E-state index contributed by atoms with van der Waals surface area (Å²) in [5, 5.41) is 7.80. The van der Waals surface area contributed by atoms with E-state index in [2.05, 4.69) is 55.5 Å². The second kappa shape index (κ2) is 6.97. The van der Waals surface area contributed by atoms with E-state index < -0.39 is 0 Å². The first-order valence-electron chi connectivity index (χ1n) is 9.87. The number of hydrogen-bond acceptors (Lipinski definition) is 3. The summed E-state index contributed by atoms with van der Waals surface area (Å²) in [5.41, 5.74) is 5.38. The van der Waals surface area contributed by atoms with Crippen LogP contribution < -0.4 is 5.32 Å². The van der Waals surface area contributed by atoms with Gasteiger partial charge in [-0.1, -0.05) is 32.9 Å². The molecule has 1 aliphatic carbocycles. The number of aromatic nitrogens is 2. The van der Waals surface area contributed by atoms with Crippen LogP contribution in [0.15, 0.2) is 47.2 Å². The molecule has 0 unspecified atom stereocenters. The van der Waals surface area contributed by atoms with Crippen molar-refractivity contribution in [2.24, 2.45) is 0 Å². The van der Waals surface area contributed by atoms with Crippen molar-refractivity contribution < 1.29 is 9.21 Å². The van der Waals surface area contributed by atoms with Crippen LogP contribution in [0.3, 0.4) is 0 Å². The number of hydrogen-bond donors (Lipinski definition) is 1. The maximum absolute atomic E-state index is 12.6. The molecule has 5 nitrogen and oxygen atoms in total. The molecule has 1 aromatic carbocycles. The molecule has 1 aliphatic rings. The molecule has 0 saturated carbocycles. The molecule has 0 spiro atoms. The standard InChI is InChI=1S/C23H27N3O2/c1-15-18(12-13-28-15)22(27)25-20-6-5-7-21-19(20)14-24-26(21)17-10-8-16(9-11-17)23(2,3)4/h8-14,20H,5-7H2,1-4H3,(H,25,27)/t20-/m0/s1. The molecule has 1 atom stereocenters. The second-order valence-electron chi connectivity index (χ2n) is 8.56. The smallest absolute Gasteiger partial charge is 0.255 e. The minimum Gasteiger partial charge on any atom is -0.469 e. The van der Waals surface area contributed by atoms with Crippen molar-refractivity contribution in [1.82, 2.24) is 15.1 Å². The molecule has 0 aliphatic heterocycles. The van der Waals surface area contributed by atoms with Crippen molar-refractivity contribution in [3.8, 4) is 5.69 Å². The number of fused-ring (bicyclic) bond motifs is 1. The van der Waals surface area contributed by atoms with E-state index in [1.807, 2.05) is 10.9 Å². The third kappa shape index (κ3) is 3.37. The van der Waals surface area contributed by atoms with Gasteiger partial charge in [0.25, 0.3) is 5.91 Å². The Morgan fingerprint density at radius 1 is 1.21 bits per heavy atom. The highest BCUT2D eigenvalue weighted by Crippen LogP contribution is 2.32. The van der Waals surface area contributed by atoms with Crippen LogP contribution in [0.25, 0.3) is 5.69 Å². The molecule has 4 rings (SSSR count). The fraction of sp³-hybridized carbons (Fsp3) is 0.391. The van der Waals surface area contributed by atoms with Crippen molar-refractivity contribution >= 4 is 5.91 Å². The highest BCUT2D eigenvalue weighted by molar-refractivity contribution is 5.95. The number of furan rings is 1.